The maximum absolute atomic E-state index is 12.3. The van der Waals surface area contributed by atoms with Gasteiger partial charge in [0.1, 0.15) is 5.75 Å². The van der Waals surface area contributed by atoms with Crippen LogP contribution in [0, 0.1) is 0 Å². The maximum Gasteiger partial charge on any atom is 0.341 e. The molecule has 3 aromatic rings. The lowest BCUT2D eigenvalue weighted by molar-refractivity contribution is -0.139. The van der Waals surface area contributed by atoms with Gasteiger partial charge in [0.15, 0.2) is 18.1 Å². The Labute approximate surface area is 166 Å². The molecule has 29 heavy (non-hydrogen) atoms. The van der Waals surface area contributed by atoms with Gasteiger partial charge in [0.2, 0.25) is 0 Å². The van der Waals surface area contributed by atoms with Crippen molar-refractivity contribution in [2.75, 3.05) is 13.7 Å². The van der Waals surface area contributed by atoms with Crippen LogP contribution in [0.25, 0.3) is 10.8 Å². The summed E-state index contributed by atoms with van der Waals surface area (Å²) >= 11 is 0. The Morgan fingerprint density at radius 3 is 2.48 bits per heavy atom. The first-order chi connectivity index (χ1) is 14.0. The van der Waals surface area contributed by atoms with Gasteiger partial charge in [0.25, 0.3) is 5.91 Å². The summed E-state index contributed by atoms with van der Waals surface area (Å²) in [6.45, 7) is -0.491. The highest BCUT2D eigenvalue weighted by Crippen LogP contribution is 2.27. The molecule has 8 nitrogen and oxygen atoms in total. The third-order valence-corrected chi connectivity index (χ3v) is 4.03. The van der Waals surface area contributed by atoms with Crippen molar-refractivity contribution in [2.45, 2.75) is 0 Å². The number of benzene rings is 3. The van der Waals surface area contributed by atoms with Gasteiger partial charge in [-0.1, -0.05) is 24.3 Å². The summed E-state index contributed by atoms with van der Waals surface area (Å²) in [5.74, 6) is -1.20. The fourth-order valence-corrected chi connectivity index (χ4v) is 2.66. The van der Waals surface area contributed by atoms with Gasteiger partial charge in [0, 0.05) is 0 Å². The fourth-order valence-electron chi connectivity index (χ4n) is 2.66. The smallest absolute Gasteiger partial charge is 0.341 e. The minimum Gasteiger partial charge on any atom is -0.507 e. The summed E-state index contributed by atoms with van der Waals surface area (Å²) in [4.78, 5) is 23.0. The Balaban J connectivity index is 1.71. The normalized spacial score (nSPS) is 10.8. The van der Waals surface area contributed by atoms with E-state index in [1.54, 1.807) is 24.3 Å². The van der Waals surface area contributed by atoms with Gasteiger partial charge in [-0.2, -0.15) is 5.10 Å². The molecule has 0 atom stereocenters. The average Bonchev–Trinajstić information content (AvgIpc) is 2.71. The monoisotopic (exact) mass is 394 g/mol. The number of rotatable bonds is 7. The number of nitrogens with one attached hydrogen (secondary N) is 1. The fraction of sp³-hybridized carbons (Fsp3) is 0.0952. The quantitative estimate of drug-likeness (QED) is 0.419. The first kappa shape index (κ1) is 19.7. The SMILES string of the molecule is COc1cc(C=NNC(=O)c2cc3ccccc3cc2O)ccc1OCC(=O)O. The second kappa shape index (κ2) is 8.75. The van der Waals surface area contributed by atoms with Crippen LogP contribution in [0.3, 0.4) is 0 Å². The predicted molar refractivity (Wildman–Crippen MR) is 107 cm³/mol. The zero-order valence-electron chi connectivity index (χ0n) is 15.5. The molecular formula is C21H18N2O6. The lowest BCUT2D eigenvalue weighted by atomic mass is 10.1. The summed E-state index contributed by atoms with van der Waals surface area (Å²) < 4.78 is 10.3. The number of amides is 1. The van der Waals surface area contributed by atoms with Crippen molar-refractivity contribution in [3.8, 4) is 17.2 Å². The summed E-state index contributed by atoms with van der Waals surface area (Å²) in [6, 6.07) is 15.2. The van der Waals surface area contributed by atoms with Crippen molar-refractivity contribution in [1.29, 1.82) is 0 Å². The first-order valence-electron chi connectivity index (χ1n) is 8.55. The van der Waals surface area contributed by atoms with E-state index in [1.165, 1.54) is 19.4 Å². The van der Waals surface area contributed by atoms with Gasteiger partial charge in [-0.3, -0.25) is 4.79 Å². The number of carboxylic acids is 1. The third-order valence-electron chi connectivity index (χ3n) is 4.03. The lowest BCUT2D eigenvalue weighted by Crippen LogP contribution is -2.17. The van der Waals surface area contributed by atoms with Crippen LogP contribution in [-0.2, 0) is 4.79 Å². The number of phenolic OH excluding ortho intramolecular Hbond substituents is 1. The molecule has 0 saturated heterocycles. The van der Waals surface area contributed by atoms with Crippen LogP contribution in [0.1, 0.15) is 15.9 Å². The molecule has 1 amide bonds. The summed E-state index contributed by atoms with van der Waals surface area (Å²) in [5, 5.41) is 24.3. The Hall–Kier alpha value is -4.07. The highest BCUT2D eigenvalue weighted by molar-refractivity contribution is 6.01. The number of carbonyl (C=O) groups is 2. The van der Waals surface area contributed by atoms with Gasteiger partial charge in [-0.25, -0.2) is 10.2 Å². The molecule has 148 valence electrons. The molecule has 0 aliphatic carbocycles. The second-order valence-corrected chi connectivity index (χ2v) is 6.01. The van der Waals surface area contributed by atoms with Crippen molar-refractivity contribution in [2.24, 2.45) is 5.10 Å². The number of hydrogen-bond donors (Lipinski definition) is 3. The Bertz CT molecular complexity index is 1090. The highest BCUT2D eigenvalue weighted by Gasteiger charge is 2.12. The Morgan fingerprint density at radius 1 is 1.07 bits per heavy atom. The summed E-state index contributed by atoms with van der Waals surface area (Å²) in [7, 11) is 1.42. The van der Waals surface area contributed by atoms with E-state index >= 15 is 0 Å². The molecule has 0 aliphatic rings. The molecule has 0 saturated carbocycles. The molecule has 0 heterocycles. The van der Waals surface area contributed by atoms with Crippen LogP contribution in [0.15, 0.2) is 59.7 Å². The van der Waals surface area contributed by atoms with Crippen molar-refractivity contribution < 1.29 is 29.3 Å². The van der Waals surface area contributed by atoms with E-state index < -0.39 is 18.5 Å². The number of hydrogen-bond acceptors (Lipinski definition) is 6. The van der Waals surface area contributed by atoms with E-state index in [-0.39, 0.29) is 17.1 Å². The van der Waals surface area contributed by atoms with Gasteiger partial charge < -0.3 is 19.7 Å². The largest absolute Gasteiger partial charge is 0.507 e. The van der Waals surface area contributed by atoms with Crippen LogP contribution in [0.4, 0.5) is 0 Å². The predicted octanol–water partition coefficient (Wildman–Crippen LogP) is 2.78. The van der Waals surface area contributed by atoms with E-state index in [1.807, 2.05) is 24.3 Å². The number of ether oxygens (including phenoxy) is 2. The van der Waals surface area contributed by atoms with Gasteiger partial charge >= 0.3 is 5.97 Å². The van der Waals surface area contributed by atoms with Gasteiger partial charge in [-0.05, 0) is 46.7 Å². The molecule has 8 heteroatoms. The van der Waals surface area contributed by atoms with Crippen LogP contribution in [0.5, 0.6) is 17.2 Å². The maximum atomic E-state index is 12.3. The molecule has 0 bridgehead atoms. The van der Waals surface area contributed by atoms with E-state index in [2.05, 4.69) is 10.5 Å². The molecule has 0 fully saturated rings. The molecule has 3 rings (SSSR count). The molecule has 3 aromatic carbocycles. The molecular weight excluding hydrogens is 376 g/mol. The number of phenols is 1. The van der Waals surface area contributed by atoms with E-state index in [0.29, 0.717) is 11.3 Å². The minimum atomic E-state index is -1.10. The molecule has 0 aliphatic heterocycles. The number of fused-ring (bicyclic) bond motifs is 1. The minimum absolute atomic E-state index is 0.107. The van der Waals surface area contributed by atoms with E-state index in [9.17, 15) is 14.7 Å². The molecule has 0 unspecified atom stereocenters. The van der Waals surface area contributed by atoms with Gasteiger partial charge in [0.05, 0.1) is 18.9 Å². The molecule has 0 aromatic heterocycles. The van der Waals surface area contributed by atoms with Crippen molar-refractivity contribution in [3.05, 3.63) is 65.7 Å². The van der Waals surface area contributed by atoms with Crippen molar-refractivity contribution in [3.63, 3.8) is 0 Å². The summed E-state index contributed by atoms with van der Waals surface area (Å²) in [5.41, 5.74) is 3.06. The number of methoxy groups -OCH3 is 1. The Kier molecular flexibility index (Phi) is 5.94. The van der Waals surface area contributed by atoms with Crippen LogP contribution < -0.4 is 14.9 Å². The van der Waals surface area contributed by atoms with Crippen LogP contribution in [0.2, 0.25) is 0 Å². The number of carbonyl (C=O) groups excluding carboxylic acids is 1. The summed E-state index contributed by atoms with van der Waals surface area (Å²) in [6.07, 6.45) is 1.39. The van der Waals surface area contributed by atoms with Crippen LogP contribution in [-0.4, -0.2) is 42.0 Å². The highest BCUT2D eigenvalue weighted by atomic mass is 16.5. The van der Waals surface area contributed by atoms with Crippen molar-refractivity contribution >= 4 is 28.9 Å². The zero-order chi connectivity index (χ0) is 20.8. The number of nitrogens with zero attached hydrogens (tertiary/aromatic N) is 1. The van der Waals surface area contributed by atoms with Gasteiger partial charge in [-0.15, -0.1) is 0 Å². The third kappa shape index (κ3) is 4.81. The first-order valence-corrected chi connectivity index (χ1v) is 8.55. The number of aromatic hydroxyl groups is 1. The lowest BCUT2D eigenvalue weighted by Gasteiger charge is -2.09. The standard InChI is InChI=1S/C21H18N2O6/c1-28-19-8-13(6-7-18(19)29-12-20(25)26)11-22-23-21(27)16-9-14-4-2-3-5-15(14)10-17(16)24/h2-11,24H,12H2,1H3,(H,23,27)(H,25,26). The number of aliphatic carboxylic acids is 1. The zero-order valence-corrected chi connectivity index (χ0v) is 15.5. The van der Waals surface area contributed by atoms with Crippen LogP contribution >= 0.6 is 0 Å². The second-order valence-electron chi connectivity index (χ2n) is 6.01. The Morgan fingerprint density at radius 2 is 1.79 bits per heavy atom. The van der Waals surface area contributed by atoms with E-state index in [0.717, 1.165) is 10.8 Å². The topological polar surface area (TPSA) is 117 Å². The van der Waals surface area contributed by atoms with Crippen molar-refractivity contribution in [1.82, 2.24) is 5.43 Å². The number of carboxylic acid groups (broad SMARTS) is 1. The number of hydrazone groups is 1. The molecule has 0 radical (unpaired) electrons. The molecule has 0 spiro atoms. The average molecular weight is 394 g/mol. The van der Waals surface area contributed by atoms with E-state index in [4.69, 9.17) is 14.6 Å². The molecule has 3 N–H and O–H groups in total.